The number of benzene rings is 1. The number of pyridine rings is 2. The average molecular weight is 483 g/mol. The first kappa shape index (κ1) is 22.7. The normalized spacial score (nSPS) is 21.9. The smallest absolute Gasteiger partial charge is 0.309 e. The zero-order valence-electron chi connectivity index (χ0n) is 20.6. The van der Waals surface area contributed by atoms with E-state index in [-0.39, 0.29) is 24.0 Å². The summed E-state index contributed by atoms with van der Waals surface area (Å²) in [4.78, 5) is 31.8. The second-order valence-electron chi connectivity index (χ2n) is 10.0. The maximum Gasteiger partial charge on any atom is 0.309 e. The fourth-order valence-corrected chi connectivity index (χ4v) is 5.16. The summed E-state index contributed by atoms with van der Waals surface area (Å²) >= 11 is 0. The molecule has 0 radical (unpaired) electrons. The summed E-state index contributed by atoms with van der Waals surface area (Å²) < 4.78 is 5.70. The lowest BCUT2D eigenvalue weighted by Crippen LogP contribution is -2.41. The summed E-state index contributed by atoms with van der Waals surface area (Å²) in [5.74, 6) is -0.0609. The van der Waals surface area contributed by atoms with E-state index in [2.05, 4.69) is 49.3 Å². The molecule has 0 bridgehead atoms. The van der Waals surface area contributed by atoms with Crippen molar-refractivity contribution in [2.24, 2.45) is 5.92 Å². The number of fused-ring (bicyclic) bond motifs is 1. The van der Waals surface area contributed by atoms with Gasteiger partial charge >= 0.3 is 5.97 Å². The van der Waals surface area contributed by atoms with Crippen molar-refractivity contribution in [1.82, 2.24) is 24.8 Å². The zero-order valence-corrected chi connectivity index (χ0v) is 20.6. The Hall–Kier alpha value is -3.78. The molecule has 0 amide bonds. The van der Waals surface area contributed by atoms with Gasteiger partial charge in [0.15, 0.2) is 0 Å². The second kappa shape index (κ2) is 9.35. The maximum atomic E-state index is 12.5. The minimum atomic E-state index is -0.0486. The van der Waals surface area contributed by atoms with Crippen molar-refractivity contribution in [1.29, 1.82) is 0 Å². The van der Waals surface area contributed by atoms with Crippen LogP contribution in [-0.4, -0.2) is 63.1 Å². The standard InChI is InChI=1S/C28H30N6O2/c1-17-4-3-5-25(32-17)27-26(30-16-31-27)18-6-7-24-19(10-18)11-22(14-29-24)33-21-12-20(13-21)28(35)36-23-8-9-34(2)15-23/h3-7,10-11,14,16,20-21,23,33H,8-9,12-13,15H2,1-2H3,(H,30,31). The monoisotopic (exact) mass is 482 g/mol. The molecule has 2 N–H and O–H groups in total. The molecule has 1 aliphatic carbocycles. The van der Waals surface area contributed by atoms with Crippen LogP contribution in [0.4, 0.5) is 5.69 Å². The minimum Gasteiger partial charge on any atom is -0.461 e. The number of aromatic nitrogens is 4. The van der Waals surface area contributed by atoms with Crippen LogP contribution in [0.15, 0.2) is 55.0 Å². The molecular weight excluding hydrogens is 452 g/mol. The van der Waals surface area contributed by atoms with Crippen molar-refractivity contribution >= 4 is 22.6 Å². The van der Waals surface area contributed by atoms with Gasteiger partial charge in [0.2, 0.25) is 0 Å². The number of likely N-dealkylation sites (tertiary alicyclic amines) is 1. The first-order valence-electron chi connectivity index (χ1n) is 12.5. The third-order valence-electron chi connectivity index (χ3n) is 7.21. The van der Waals surface area contributed by atoms with Gasteiger partial charge in [0.1, 0.15) is 6.10 Å². The second-order valence-corrected chi connectivity index (χ2v) is 10.0. The zero-order chi connectivity index (χ0) is 24.6. The third-order valence-corrected chi connectivity index (χ3v) is 7.21. The van der Waals surface area contributed by atoms with E-state index < -0.39 is 0 Å². The van der Waals surface area contributed by atoms with Crippen LogP contribution < -0.4 is 5.32 Å². The highest BCUT2D eigenvalue weighted by molar-refractivity contribution is 5.88. The SMILES string of the molecule is Cc1cccc(-c2[nH]cnc2-c2ccc3ncc(NC4CC(C(=O)OC5CCN(C)C5)C4)cc3c2)n1. The Morgan fingerprint density at radius 2 is 2.06 bits per heavy atom. The number of carbonyl (C=O) groups excluding carboxylic acids is 1. The van der Waals surface area contributed by atoms with E-state index in [1.165, 1.54) is 0 Å². The van der Waals surface area contributed by atoms with Crippen molar-refractivity contribution < 1.29 is 9.53 Å². The topological polar surface area (TPSA) is 96.0 Å². The first-order chi connectivity index (χ1) is 17.5. The Balaban J connectivity index is 1.14. The number of rotatable bonds is 6. The Morgan fingerprint density at radius 1 is 1.17 bits per heavy atom. The highest BCUT2D eigenvalue weighted by Crippen LogP contribution is 2.34. The van der Waals surface area contributed by atoms with Gasteiger partial charge in [0, 0.05) is 35.8 Å². The summed E-state index contributed by atoms with van der Waals surface area (Å²) in [6, 6.07) is 14.5. The largest absolute Gasteiger partial charge is 0.461 e. The number of hydrogen-bond donors (Lipinski definition) is 2. The fourth-order valence-electron chi connectivity index (χ4n) is 5.16. The third kappa shape index (κ3) is 4.56. The van der Waals surface area contributed by atoms with Crippen molar-refractivity contribution in [3.63, 3.8) is 0 Å². The van der Waals surface area contributed by atoms with Crippen LogP contribution >= 0.6 is 0 Å². The van der Waals surface area contributed by atoms with Gasteiger partial charge < -0.3 is 19.9 Å². The predicted molar refractivity (Wildman–Crippen MR) is 139 cm³/mol. The number of esters is 1. The maximum absolute atomic E-state index is 12.5. The van der Waals surface area contributed by atoms with E-state index in [0.717, 1.165) is 77.3 Å². The molecule has 1 atom stereocenters. The van der Waals surface area contributed by atoms with E-state index in [1.807, 2.05) is 43.5 Å². The van der Waals surface area contributed by atoms with Crippen LogP contribution in [0, 0.1) is 12.8 Å². The molecule has 1 saturated carbocycles. The molecule has 2 aliphatic rings. The fraction of sp³-hybridized carbons (Fsp3) is 0.357. The number of aromatic amines is 1. The molecule has 184 valence electrons. The van der Waals surface area contributed by atoms with Gasteiger partial charge in [-0.3, -0.25) is 14.8 Å². The van der Waals surface area contributed by atoms with E-state index >= 15 is 0 Å². The lowest BCUT2D eigenvalue weighted by Gasteiger charge is -2.35. The van der Waals surface area contributed by atoms with Crippen LogP contribution in [0.25, 0.3) is 33.5 Å². The van der Waals surface area contributed by atoms with E-state index in [9.17, 15) is 4.79 Å². The average Bonchev–Trinajstić information content (AvgIpc) is 3.49. The Labute approximate surface area is 210 Å². The molecule has 36 heavy (non-hydrogen) atoms. The lowest BCUT2D eigenvalue weighted by molar-refractivity contribution is -0.156. The molecule has 6 rings (SSSR count). The number of ether oxygens (including phenoxy) is 1. The molecule has 4 aromatic rings. The number of nitrogens with one attached hydrogen (secondary N) is 2. The van der Waals surface area contributed by atoms with Crippen molar-refractivity contribution in [2.75, 3.05) is 25.5 Å². The number of hydrogen-bond acceptors (Lipinski definition) is 7. The van der Waals surface area contributed by atoms with Gasteiger partial charge in [0.05, 0.1) is 46.7 Å². The van der Waals surface area contributed by atoms with Gasteiger partial charge in [-0.2, -0.15) is 0 Å². The summed E-state index contributed by atoms with van der Waals surface area (Å²) in [6.45, 7) is 3.82. The van der Waals surface area contributed by atoms with Crippen molar-refractivity contribution in [3.05, 3.63) is 60.7 Å². The molecule has 1 unspecified atom stereocenters. The molecule has 1 aliphatic heterocycles. The number of H-pyrrole nitrogens is 1. The summed E-state index contributed by atoms with van der Waals surface area (Å²) in [6.07, 6.45) is 6.13. The molecule has 0 spiro atoms. The Bertz CT molecular complexity index is 1410. The van der Waals surface area contributed by atoms with E-state index in [4.69, 9.17) is 4.74 Å². The van der Waals surface area contributed by atoms with Gasteiger partial charge in [0.25, 0.3) is 0 Å². The quantitative estimate of drug-likeness (QED) is 0.393. The Kier molecular flexibility index (Phi) is 5.89. The lowest BCUT2D eigenvalue weighted by atomic mass is 9.80. The number of aryl methyl sites for hydroxylation is 1. The van der Waals surface area contributed by atoms with Gasteiger partial charge in [-0.1, -0.05) is 12.1 Å². The van der Waals surface area contributed by atoms with Gasteiger partial charge in [-0.15, -0.1) is 0 Å². The highest BCUT2D eigenvalue weighted by atomic mass is 16.5. The summed E-state index contributed by atoms with van der Waals surface area (Å²) in [5.41, 5.74) is 6.48. The van der Waals surface area contributed by atoms with Crippen LogP contribution in [0.1, 0.15) is 25.0 Å². The van der Waals surface area contributed by atoms with Crippen LogP contribution in [0.3, 0.4) is 0 Å². The molecule has 3 aromatic heterocycles. The number of carbonyl (C=O) groups is 1. The van der Waals surface area contributed by atoms with Gasteiger partial charge in [-0.05, 0) is 63.6 Å². The van der Waals surface area contributed by atoms with E-state index in [1.54, 1.807) is 6.33 Å². The number of likely N-dealkylation sites (N-methyl/N-ethyl adjacent to an activating group) is 1. The summed E-state index contributed by atoms with van der Waals surface area (Å²) in [7, 11) is 2.06. The van der Waals surface area contributed by atoms with Crippen LogP contribution in [-0.2, 0) is 9.53 Å². The number of anilines is 1. The molecule has 4 heterocycles. The predicted octanol–water partition coefficient (Wildman–Crippen LogP) is 4.43. The molecule has 8 nitrogen and oxygen atoms in total. The van der Waals surface area contributed by atoms with Crippen molar-refractivity contribution in [2.45, 2.75) is 38.3 Å². The van der Waals surface area contributed by atoms with Gasteiger partial charge in [-0.25, -0.2) is 4.98 Å². The molecule has 8 heteroatoms. The molecule has 2 fully saturated rings. The van der Waals surface area contributed by atoms with Crippen molar-refractivity contribution in [3.8, 4) is 22.6 Å². The highest BCUT2D eigenvalue weighted by Gasteiger charge is 2.37. The minimum absolute atomic E-state index is 0.0123. The van der Waals surface area contributed by atoms with Crippen LogP contribution in [0.2, 0.25) is 0 Å². The van der Waals surface area contributed by atoms with Crippen LogP contribution in [0.5, 0.6) is 0 Å². The molecule has 1 aromatic carbocycles. The van der Waals surface area contributed by atoms with E-state index in [0.29, 0.717) is 0 Å². The first-order valence-corrected chi connectivity index (χ1v) is 12.5. The number of imidazole rings is 1. The molecule has 1 saturated heterocycles. The summed E-state index contributed by atoms with van der Waals surface area (Å²) in [5, 5.41) is 4.58. The molecular formula is C28H30N6O2. The Morgan fingerprint density at radius 3 is 2.86 bits per heavy atom. The number of nitrogens with zero attached hydrogens (tertiary/aromatic N) is 4.